The number of para-hydroxylation sites is 1. The molecule has 1 heterocycles. The van der Waals surface area contributed by atoms with E-state index in [2.05, 4.69) is 10.3 Å². The fourth-order valence-electron chi connectivity index (χ4n) is 2.43. The van der Waals surface area contributed by atoms with E-state index in [1.54, 1.807) is 12.1 Å². The van der Waals surface area contributed by atoms with Crippen LogP contribution in [0.4, 0.5) is 24.7 Å². The molecule has 0 atom stereocenters. The van der Waals surface area contributed by atoms with Crippen molar-refractivity contribution < 1.29 is 18.0 Å². The first kappa shape index (κ1) is 21.5. The summed E-state index contributed by atoms with van der Waals surface area (Å²) >= 11 is 8.54. The molecule has 3 rings (SSSR count). The lowest BCUT2D eigenvalue weighted by atomic mass is 10.1. The lowest BCUT2D eigenvalue weighted by molar-refractivity contribution is -0.137. The number of amides is 1. The zero-order valence-corrected chi connectivity index (χ0v) is 17.4. The Morgan fingerprint density at radius 2 is 1.93 bits per heavy atom. The SMILES string of the molecule is Cc1cccc(Cl)c1NC(=O)c1sc(SCc2ccc(C(F)(F)F)cc2)nc1N. The highest BCUT2D eigenvalue weighted by Gasteiger charge is 2.29. The molecule has 4 nitrogen and oxygen atoms in total. The Labute approximate surface area is 178 Å². The number of halogens is 4. The van der Waals surface area contributed by atoms with E-state index in [9.17, 15) is 18.0 Å². The first-order chi connectivity index (χ1) is 13.6. The number of nitrogens with zero attached hydrogens (tertiary/aromatic N) is 1. The molecule has 152 valence electrons. The Morgan fingerprint density at radius 3 is 2.55 bits per heavy atom. The molecule has 0 radical (unpaired) electrons. The number of hydrogen-bond acceptors (Lipinski definition) is 5. The first-order valence-electron chi connectivity index (χ1n) is 8.27. The number of nitrogens with one attached hydrogen (secondary N) is 1. The van der Waals surface area contributed by atoms with Gasteiger partial charge >= 0.3 is 6.18 Å². The smallest absolute Gasteiger partial charge is 0.382 e. The molecule has 0 aliphatic carbocycles. The Bertz CT molecular complexity index is 1020. The fraction of sp³-hybridized carbons (Fsp3) is 0.158. The fourth-order valence-corrected chi connectivity index (χ4v) is 4.62. The largest absolute Gasteiger partial charge is 0.416 e. The van der Waals surface area contributed by atoms with Gasteiger partial charge in [0.25, 0.3) is 5.91 Å². The van der Waals surface area contributed by atoms with Crippen LogP contribution < -0.4 is 11.1 Å². The Hall–Kier alpha value is -2.23. The second kappa shape index (κ2) is 8.64. The molecule has 0 aliphatic rings. The van der Waals surface area contributed by atoms with Gasteiger partial charge in [0.15, 0.2) is 4.34 Å². The van der Waals surface area contributed by atoms with Crippen LogP contribution in [-0.4, -0.2) is 10.9 Å². The highest BCUT2D eigenvalue weighted by atomic mass is 35.5. The number of nitrogens with two attached hydrogens (primary N) is 1. The summed E-state index contributed by atoms with van der Waals surface area (Å²) in [6.45, 7) is 1.82. The minimum absolute atomic E-state index is 0.0899. The van der Waals surface area contributed by atoms with Crippen LogP contribution in [-0.2, 0) is 11.9 Å². The third-order valence-corrected chi connectivity index (χ3v) is 6.54. The zero-order valence-electron chi connectivity index (χ0n) is 15.0. The van der Waals surface area contributed by atoms with Gasteiger partial charge in [0.1, 0.15) is 10.7 Å². The second-order valence-electron chi connectivity index (χ2n) is 6.06. The van der Waals surface area contributed by atoms with Crippen molar-refractivity contribution in [3.05, 3.63) is 69.1 Å². The van der Waals surface area contributed by atoms with E-state index in [1.165, 1.54) is 23.9 Å². The van der Waals surface area contributed by atoms with Crippen molar-refractivity contribution in [1.29, 1.82) is 0 Å². The van der Waals surface area contributed by atoms with Gasteiger partial charge < -0.3 is 11.1 Å². The number of nitrogen functional groups attached to an aromatic ring is 1. The average molecular weight is 458 g/mol. The van der Waals surface area contributed by atoms with Gasteiger partial charge in [0.05, 0.1) is 16.3 Å². The number of hydrogen-bond donors (Lipinski definition) is 2. The molecular weight excluding hydrogens is 443 g/mol. The van der Waals surface area contributed by atoms with Crippen molar-refractivity contribution in [2.24, 2.45) is 0 Å². The number of carbonyl (C=O) groups excluding carboxylic acids is 1. The number of benzene rings is 2. The molecule has 0 saturated heterocycles. The van der Waals surface area contributed by atoms with Crippen molar-refractivity contribution in [1.82, 2.24) is 4.98 Å². The van der Waals surface area contributed by atoms with Crippen LogP contribution in [0.15, 0.2) is 46.8 Å². The van der Waals surface area contributed by atoms with Crippen molar-refractivity contribution in [3.8, 4) is 0 Å². The molecule has 0 spiro atoms. The number of thiazole rings is 1. The Balaban J connectivity index is 1.68. The summed E-state index contributed by atoms with van der Waals surface area (Å²) in [4.78, 5) is 17.0. The summed E-state index contributed by atoms with van der Waals surface area (Å²) in [5, 5.41) is 3.16. The molecule has 3 aromatic rings. The first-order valence-corrected chi connectivity index (χ1v) is 10.4. The van der Waals surface area contributed by atoms with Crippen LogP contribution in [0.2, 0.25) is 5.02 Å². The van der Waals surface area contributed by atoms with Crippen molar-refractivity contribution in [2.45, 2.75) is 23.2 Å². The van der Waals surface area contributed by atoms with E-state index in [4.69, 9.17) is 17.3 Å². The summed E-state index contributed by atoms with van der Waals surface area (Å²) in [6.07, 6.45) is -4.36. The molecule has 1 amide bonds. The van der Waals surface area contributed by atoms with Crippen molar-refractivity contribution in [3.63, 3.8) is 0 Å². The topological polar surface area (TPSA) is 68.0 Å². The monoisotopic (exact) mass is 457 g/mol. The van der Waals surface area contributed by atoms with Gasteiger partial charge in [-0.15, -0.1) is 11.3 Å². The Morgan fingerprint density at radius 1 is 1.24 bits per heavy atom. The van der Waals surface area contributed by atoms with Crippen LogP contribution in [0, 0.1) is 6.92 Å². The molecule has 0 unspecified atom stereocenters. The lowest BCUT2D eigenvalue weighted by Gasteiger charge is -2.09. The maximum absolute atomic E-state index is 12.6. The summed E-state index contributed by atoms with van der Waals surface area (Å²) in [7, 11) is 0. The molecular formula is C19H15ClF3N3OS2. The lowest BCUT2D eigenvalue weighted by Crippen LogP contribution is -2.13. The van der Waals surface area contributed by atoms with Crippen LogP contribution in [0.5, 0.6) is 0 Å². The maximum atomic E-state index is 12.6. The minimum atomic E-state index is -4.36. The van der Waals surface area contributed by atoms with Gasteiger partial charge in [-0.3, -0.25) is 4.79 Å². The van der Waals surface area contributed by atoms with Crippen LogP contribution >= 0.6 is 34.7 Å². The highest BCUT2D eigenvalue weighted by molar-refractivity contribution is 8.00. The zero-order chi connectivity index (χ0) is 21.2. The average Bonchev–Trinajstić information content (AvgIpc) is 3.03. The second-order valence-corrected chi connectivity index (χ2v) is 8.69. The van der Waals surface area contributed by atoms with Crippen LogP contribution in [0.1, 0.15) is 26.4 Å². The van der Waals surface area contributed by atoms with Crippen LogP contribution in [0.25, 0.3) is 0 Å². The minimum Gasteiger partial charge on any atom is -0.382 e. The number of aryl methyl sites for hydroxylation is 1. The summed E-state index contributed by atoms with van der Waals surface area (Å²) in [5.74, 6) is 0.0696. The summed E-state index contributed by atoms with van der Waals surface area (Å²) < 4.78 is 38.4. The van der Waals surface area contributed by atoms with E-state index in [0.29, 0.717) is 26.4 Å². The van der Waals surface area contributed by atoms with Crippen LogP contribution in [0.3, 0.4) is 0 Å². The van der Waals surface area contributed by atoms with E-state index in [1.807, 2.05) is 13.0 Å². The highest BCUT2D eigenvalue weighted by Crippen LogP contribution is 2.34. The van der Waals surface area contributed by atoms with E-state index in [0.717, 1.165) is 29.0 Å². The van der Waals surface area contributed by atoms with Gasteiger partial charge in [-0.2, -0.15) is 13.2 Å². The molecule has 3 N–H and O–H groups in total. The van der Waals surface area contributed by atoms with Crippen molar-refractivity contribution >= 4 is 52.1 Å². The normalized spacial score (nSPS) is 11.5. The molecule has 10 heteroatoms. The summed E-state index contributed by atoms with van der Waals surface area (Å²) in [6, 6.07) is 10.2. The predicted octanol–water partition coefficient (Wildman–Crippen LogP) is 6.25. The Kier molecular flexibility index (Phi) is 6.40. The van der Waals surface area contributed by atoms with E-state index in [-0.39, 0.29) is 10.7 Å². The number of thioether (sulfide) groups is 1. The van der Waals surface area contributed by atoms with Gasteiger partial charge in [-0.1, -0.05) is 47.6 Å². The standard InChI is InChI=1S/C19H15ClF3N3OS2/c1-10-3-2-4-13(20)14(10)25-17(27)15-16(24)26-18(29-15)28-9-11-5-7-12(8-6-11)19(21,22)23/h2-8H,9,24H2,1H3,(H,25,27). The van der Waals surface area contributed by atoms with Gasteiger partial charge in [0, 0.05) is 5.75 Å². The third kappa shape index (κ3) is 5.23. The number of anilines is 2. The van der Waals surface area contributed by atoms with Gasteiger partial charge in [0.2, 0.25) is 0 Å². The molecule has 0 fully saturated rings. The van der Waals surface area contributed by atoms with E-state index >= 15 is 0 Å². The van der Waals surface area contributed by atoms with Gasteiger partial charge in [-0.25, -0.2) is 4.98 Å². The van der Waals surface area contributed by atoms with Gasteiger partial charge in [-0.05, 0) is 36.2 Å². The maximum Gasteiger partial charge on any atom is 0.416 e. The van der Waals surface area contributed by atoms with E-state index < -0.39 is 17.6 Å². The predicted molar refractivity (Wildman–Crippen MR) is 112 cm³/mol. The molecule has 0 bridgehead atoms. The summed E-state index contributed by atoms with van der Waals surface area (Å²) in [5.41, 5.74) is 7.20. The number of rotatable bonds is 5. The molecule has 1 aromatic heterocycles. The molecule has 2 aromatic carbocycles. The molecule has 0 saturated carbocycles. The quantitative estimate of drug-likeness (QED) is 0.444. The third-order valence-electron chi connectivity index (χ3n) is 3.94. The number of aromatic nitrogens is 1. The molecule has 0 aliphatic heterocycles. The number of carbonyl (C=O) groups is 1. The number of alkyl halides is 3. The van der Waals surface area contributed by atoms with Crippen molar-refractivity contribution in [2.75, 3.05) is 11.1 Å². The molecule has 29 heavy (non-hydrogen) atoms.